The predicted molar refractivity (Wildman–Crippen MR) is 64.8 cm³/mol. The fourth-order valence-electron chi connectivity index (χ4n) is 1.06. The molecule has 0 bridgehead atoms. The molecule has 1 aliphatic rings. The van der Waals surface area contributed by atoms with E-state index in [1.807, 2.05) is 0 Å². The minimum atomic E-state index is -3.58. The molecule has 0 radical (unpaired) electrons. The molecule has 0 saturated heterocycles. The number of rotatable bonds is 6. The third kappa shape index (κ3) is 4.16. The van der Waals surface area contributed by atoms with Gasteiger partial charge >= 0.3 is 5.97 Å². The van der Waals surface area contributed by atoms with Crippen LogP contribution >= 0.6 is 0 Å². The predicted octanol–water partition coefficient (Wildman–Crippen LogP) is 1.17. The Morgan fingerprint density at radius 1 is 1.41 bits per heavy atom. The highest BCUT2D eigenvalue weighted by atomic mass is 32.2. The van der Waals surface area contributed by atoms with Crippen molar-refractivity contribution in [2.75, 3.05) is 0 Å². The van der Waals surface area contributed by atoms with Crippen LogP contribution in [-0.2, 0) is 14.8 Å². The van der Waals surface area contributed by atoms with Gasteiger partial charge in [0.05, 0.1) is 10.5 Å². The van der Waals surface area contributed by atoms with Gasteiger partial charge in [0.2, 0.25) is 10.0 Å². The van der Waals surface area contributed by atoms with Crippen molar-refractivity contribution in [1.82, 2.24) is 4.72 Å². The molecule has 0 aliphatic heterocycles. The quantitative estimate of drug-likeness (QED) is 0.552. The van der Waals surface area contributed by atoms with Crippen LogP contribution in [0.1, 0.15) is 19.8 Å². The number of carbonyl (C=O) groups is 1. The maximum absolute atomic E-state index is 11.6. The smallest absolute Gasteiger partial charge is 0.335 e. The van der Waals surface area contributed by atoms with Gasteiger partial charge in [-0.15, -0.1) is 0 Å². The van der Waals surface area contributed by atoms with E-state index in [9.17, 15) is 13.2 Å². The average Bonchev–Trinajstić information content (AvgIpc) is 3.01. The first-order valence-corrected chi connectivity index (χ1v) is 6.64. The van der Waals surface area contributed by atoms with Crippen molar-refractivity contribution < 1.29 is 18.3 Å². The zero-order valence-corrected chi connectivity index (χ0v) is 10.3. The van der Waals surface area contributed by atoms with Gasteiger partial charge < -0.3 is 5.11 Å². The van der Waals surface area contributed by atoms with Crippen LogP contribution in [0.25, 0.3) is 0 Å². The Balaban J connectivity index is 2.70. The Bertz CT molecular complexity index is 484. The van der Waals surface area contributed by atoms with E-state index < -0.39 is 16.0 Å². The molecule has 1 saturated carbocycles. The molecule has 94 valence electrons. The summed E-state index contributed by atoms with van der Waals surface area (Å²) in [6.07, 6.45) is 5.47. The van der Waals surface area contributed by atoms with Crippen LogP contribution in [0.3, 0.4) is 0 Å². The number of nitrogens with one attached hydrogen (secondary N) is 1. The van der Waals surface area contributed by atoms with Gasteiger partial charge in [-0.05, 0) is 31.9 Å². The standard InChI is InChI=1S/C11H15NO4S/c1-3-9(11(13)14)5-4-8(2)17(15,16)12-10-6-7-10/h3-5,10,12H,2,6-7H2,1H3,(H,13,14). The van der Waals surface area contributed by atoms with E-state index in [0.717, 1.165) is 12.8 Å². The molecule has 17 heavy (non-hydrogen) atoms. The molecule has 2 N–H and O–H groups in total. The molecule has 0 aromatic heterocycles. The van der Waals surface area contributed by atoms with E-state index in [1.54, 1.807) is 6.92 Å². The fraction of sp³-hybridized carbons (Fsp3) is 0.364. The third-order valence-electron chi connectivity index (χ3n) is 2.25. The molecule has 0 aromatic rings. The molecule has 0 unspecified atom stereocenters. The number of aliphatic carboxylic acids is 1. The molecule has 1 fully saturated rings. The third-order valence-corrected chi connectivity index (χ3v) is 3.72. The molecule has 6 heteroatoms. The first-order valence-electron chi connectivity index (χ1n) is 5.15. The molecule has 0 spiro atoms. The Kier molecular flexibility index (Phi) is 4.25. The number of allylic oxidation sites excluding steroid dienone is 2. The Morgan fingerprint density at radius 2 is 2.00 bits per heavy atom. The fourth-order valence-corrected chi connectivity index (χ4v) is 2.13. The minimum absolute atomic E-state index is 0.00538. The molecule has 0 atom stereocenters. The van der Waals surface area contributed by atoms with Crippen molar-refractivity contribution >= 4 is 16.0 Å². The van der Waals surface area contributed by atoms with Crippen molar-refractivity contribution in [3.05, 3.63) is 35.3 Å². The van der Waals surface area contributed by atoms with Crippen LogP contribution in [0.5, 0.6) is 0 Å². The van der Waals surface area contributed by atoms with Crippen LogP contribution in [0.4, 0.5) is 0 Å². The summed E-state index contributed by atoms with van der Waals surface area (Å²) in [4.78, 5) is 10.5. The Morgan fingerprint density at radius 3 is 2.41 bits per heavy atom. The first-order chi connectivity index (χ1) is 7.86. The van der Waals surface area contributed by atoms with Gasteiger partial charge in [-0.25, -0.2) is 17.9 Å². The summed E-state index contributed by atoms with van der Waals surface area (Å²) < 4.78 is 25.7. The number of hydrogen-bond acceptors (Lipinski definition) is 3. The second kappa shape index (κ2) is 5.29. The number of carboxylic acid groups (broad SMARTS) is 1. The Hall–Kier alpha value is -1.40. The molecule has 1 rings (SSSR count). The molecule has 1 aliphatic carbocycles. The minimum Gasteiger partial charge on any atom is -0.478 e. The Labute approximate surface area is 101 Å². The lowest BCUT2D eigenvalue weighted by Gasteiger charge is -2.04. The van der Waals surface area contributed by atoms with E-state index in [1.165, 1.54) is 18.2 Å². The van der Waals surface area contributed by atoms with E-state index in [-0.39, 0.29) is 16.5 Å². The van der Waals surface area contributed by atoms with Gasteiger partial charge in [-0.3, -0.25) is 0 Å². The summed E-state index contributed by atoms with van der Waals surface area (Å²) in [6.45, 7) is 4.98. The lowest BCUT2D eigenvalue weighted by molar-refractivity contribution is -0.132. The van der Waals surface area contributed by atoms with E-state index in [4.69, 9.17) is 5.11 Å². The highest BCUT2D eigenvalue weighted by Gasteiger charge is 2.27. The van der Waals surface area contributed by atoms with Crippen molar-refractivity contribution in [3.63, 3.8) is 0 Å². The van der Waals surface area contributed by atoms with Crippen molar-refractivity contribution in [1.29, 1.82) is 0 Å². The van der Waals surface area contributed by atoms with Crippen LogP contribution in [-0.4, -0.2) is 25.5 Å². The molecular formula is C11H15NO4S. The number of carboxylic acids is 1. The van der Waals surface area contributed by atoms with Crippen molar-refractivity contribution in [2.45, 2.75) is 25.8 Å². The summed E-state index contributed by atoms with van der Waals surface area (Å²) in [5, 5.41) is 8.73. The lowest BCUT2D eigenvalue weighted by Crippen LogP contribution is -2.26. The summed E-state index contributed by atoms with van der Waals surface area (Å²) in [6, 6.07) is 0.00538. The van der Waals surface area contributed by atoms with Crippen LogP contribution < -0.4 is 4.72 Å². The van der Waals surface area contributed by atoms with E-state index >= 15 is 0 Å². The normalized spacial score (nSPS) is 17.4. The average molecular weight is 257 g/mol. The largest absolute Gasteiger partial charge is 0.478 e. The van der Waals surface area contributed by atoms with Crippen molar-refractivity contribution in [2.24, 2.45) is 0 Å². The second-order valence-corrected chi connectivity index (χ2v) is 5.51. The van der Waals surface area contributed by atoms with E-state index in [0.29, 0.717) is 0 Å². The number of sulfonamides is 1. The summed E-state index contributed by atoms with van der Waals surface area (Å²) in [7, 11) is -3.58. The molecule has 0 aromatic carbocycles. The van der Waals surface area contributed by atoms with Gasteiger partial charge in [0.25, 0.3) is 0 Å². The maximum atomic E-state index is 11.6. The highest BCUT2D eigenvalue weighted by Crippen LogP contribution is 2.21. The molecule has 5 nitrogen and oxygen atoms in total. The van der Waals surface area contributed by atoms with Crippen LogP contribution in [0.2, 0.25) is 0 Å². The number of hydrogen-bond donors (Lipinski definition) is 2. The molecule has 0 amide bonds. The highest BCUT2D eigenvalue weighted by molar-refractivity contribution is 7.93. The second-order valence-electron chi connectivity index (χ2n) is 3.74. The molecular weight excluding hydrogens is 242 g/mol. The van der Waals surface area contributed by atoms with Gasteiger partial charge in [-0.2, -0.15) is 0 Å². The lowest BCUT2D eigenvalue weighted by atomic mass is 10.2. The van der Waals surface area contributed by atoms with Gasteiger partial charge in [0.1, 0.15) is 0 Å². The topological polar surface area (TPSA) is 83.5 Å². The van der Waals surface area contributed by atoms with Gasteiger partial charge in [0, 0.05) is 6.04 Å². The van der Waals surface area contributed by atoms with Gasteiger partial charge in [0.15, 0.2) is 0 Å². The van der Waals surface area contributed by atoms with Crippen LogP contribution in [0, 0.1) is 0 Å². The zero-order valence-electron chi connectivity index (χ0n) is 9.51. The van der Waals surface area contributed by atoms with E-state index in [2.05, 4.69) is 11.3 Å². The summed E-state index contributed by atoms with van der Waals surface area (Å²) in [5.41, 5.74) is 0.0211. The van der Waals surface area contributed by atoms with Crippen LogP contribution in [0.15, 0.2) is 35.3 Å². The first kappa shape index (κ1) is 13.7. The zero-order chi connectivity index (χ0) is 13.1. The van der Waals surface area contributed by atoms with Gasteiger partial charge in [-0.1, -0.05) is 12.7 Å². The van der Waals surface area contributed by atoms with Crippen molar-refractivity contribution in [3.8, 4) is 0 Å². The summed E-state index contributed by atoms with van der Waals surface area (Å²) in [5.74, 6) is -1.11. The maximum Gasteiger partial charge on any atom is 0.335 e. The summed E-state index contributed by atoms with van der Waals surface area (Å²) >= 11 is 0. The monoisotopic (exact) mass is 257 g/mol. The SMILES string of the molecule is C=C(C=CC(=CC)C(=O)O)S(=O)(=O)NC1CC1. The molecule has 0 heterocycles.